The van der Waals surface area contributed by atoms with Crippen LogP contribution in [0.2, 0.25) is 0 Å². The molecule has 0 atom stereocenters. The van der Waals surface area contributed by atoms with Crippen molar-refractivity contribution in [3.8, 4) is 0 Å². The van der Waals surface area contributed by atoms with Gasteiger partial charge in [0.05, 0.1) is 4.88 Å². The molecule has 0 bridgehead atoms. The van der Waals surface area contributed by atoms with Crippen LogP contribution in [0.1, 0.15) is 20.8 Å². The van der Waals surface area contributed by atoms with E-state index in [4.69, 9.17) is 0 Å². The number of benzene rings is 1. The minimum Gasteiger partial charge on any atom is -0.321 e. The number of thiophene rings is 1. The van der Waals surface area contributed by atoms with Gasteiger partial charge in [-0.05, 0) is 35.6 Å². The van der Waals surface area contributed by atoms with Crippen molar-refractivity contribution >= 4 is 34.7 Å². The average molecular weight is 332 g/mol. The number of nitrogens with zero attached hydrogens (tertiary/aromatic N) is 1. The fraction of sp³-hybridized carbons (Fsp3) is 0.353. The van der Waals surface area contributed by atoms with Crippen molar-refractivity contribution in [3.05, 3.63) is 51.7 Å². The summed E-state index contributed by atoms with van der Waals surface area (Å²) in [5, 5.41) is 4.96. The number of aryl methyl sites for hydroxylation is 1. The van der Waals surface area contributed by atoms with Crippen LogP contribution >= 0.6 is 23.1 Å². The molecule has 2 aromatic rings. The quantitative estimate of drug-likeness (QED) is 0.923. The Morgan fingerprint density at radius 1 is 1.27 bits per heavy atom. The SMILES string of the molecule is Cc1ccc(CN2CCSCC2)cc1NC(=O)c1cccs1. The number of nitrogens with one attached hydrogen (secondary N) is 1. The van der Waals surface area contributed by atoms with Gasteiger partial charge in [-0.3, -0.25) is 9.69 Å². The summed E-state index contributed by atoms with van der Waals surface area (Å²) < 4.78 is 0. The Balaban J connectivity index is 1.70. The molecule has 1 aliphatic heterocycles. The van der Waals surface area contributed by atoms with E-state index in [2.05, 4.69) is 28.4 Å². The van der Waals surface area contributed by atoms with E-state index in [0.29, 0.717) is 0 Å². The van der Waals surface area contributed by atoms with Crippen molar-refractivity contribution in [2.75, 3.05) is 29.9 Å². The first-order chi connectivity index (χ1) is 10.7. The fourth-order valence-electron chi connectivity index (χ4n) is 2.51. The van der Waals surface area contributed by atoms with Crippen LogP contribution in [0.25, 0.3) is 0 Å². The summed E-state index contributed by atoms with van der Waals surface area (Å²) in [4.78, 5) is 15.4. The Labute approximate surface area is 139 Å². The van der Waals surface area contributed by atoms with E-state index in [1.165, 1.54) is 28.4 Å². The molecule has 0 unspecified atom stereocenters. The third kappa shape index (κ3) is 3.91. The van der Waals surface area contributed by atoms with Crippen LogP contribution in [0.3, 0.4) is 0 Å². The lowest BCUT2D eigenvalue weighted by atomic mass is 10.1. The van der Waals surface area contributed by atoms with Gasteiger partial charge in [-0.1, -0.05) is 18.2 Å². The molecule has 1 amide bonds. The monoisotopic (exact) mass is 332 g/mol. The second-order valence-electron chi connectivity index (χ2n) is 5.47. The zero-order valence-corrected chi connectivity index (χ0v) is 14.3. The van der Waals surface area contributed by atoms with Gasteiger partial charge >= 0.3 is 0 Å². The summed E-state index contributed by atoms with van der Waals surface area (Å²) >= 11 is 3.49. The minimum atomic E-state index is -0.0235. The lowest BCUT2D eigenvalue weighted by Gasteiger charge is -2.26. The Hall–Kier alpha value is -1.30. The summed E-state index contributed by atoms with van der Waals surface area (Å²) in [5.41, 5.74) is 3.28. The Kier molecular flexibility index (Phi) is 5.18. The molecule has 1 saturated heterocycles. The van der Waals surface area contributed by atoms with E-state index < -0.39 is 0 Å². The maximum Gasteiger partial charge on any atom is 0.265 e. The summed E-state index contributed by atoms with van der Waals surface area (Å²) in [6.45, 7) is 5.29. The van der Waals surface area contributed by atoms with Crippen LogP contribution in [0.15, 0.2) is 35.7 Å². The number of carbonyl (C=O) groups is 1. The van der Waals surface area contributed by atoms with Crippen LogP contribution in [0.5, 0.6) is 0 Å². The van der Waals surface area contributed by atoms with Gasteiger partial charge in [-0.25, -0.2) is 0 Å². The van der Waals surface area contributed by atoms with E-state index in [1.54, 1.807) is 0 Å². The molecule has 5 heteroatoms. The number of anilines is 1. The standard InChI is InChI=1S/C17H20N2OS2/c1-13-4-5-14(12-19-6-9-21-10-7-19)11-15(13)18-17(20)16-3-2-8-22-16/h2-5,8,11H,6-7,9-10,12H2,1H3,(H,18,20). The number of amides is 1. The van der Waals surface area contributed by atoms with E-state index >= 15 is 0 Å². The molecule has 2 heterocycles. The average Bonchev–Trinajstić information content (AvgIpc) is 3.06. The predicted molar refractivity (Wildman–Crippen MR) is 96.1 cm³/mol. The van der Waals surface area contributed by atoms with Crippen molar-refractivity contribution < 1.29 is 4.79 Å². The first kappa shape index (κ1) is 15.6. The molecule has 0 saturated carbocycles. The van der Waals surface area contributed by atoms with E-state index in [-0.39, 0.29) is 5.91 Å². The van der Waals surface area contributed by atoms with Gasteiger partial charge in [0, 0.05) is 36.8 Å². The molecule has 116 valence electrons. The second-order valence-corrected chi connectivity index (χ2v) is 7.64. The van der Waals surface area contributed by atoms with Crippen molar-refractivity contribution in [1.82, 2.24) is 4.90 Å². The van der Waals surface area contributed by atoms with Gasteiger partial charge in [0.2, 0.25) is 0 Å². The van der Waals surface area contributed by atoms with E-state index in [1.807, 2.05) is 36.2 Å². The largest absolute Gasteiger partial charge is 0.321 e. The van der Waals surface area contributed by atoms with E-state index in [0.717, 1.165) is 35.8 Å². The van der Waals surface area contributed by atoms with Crippen LogP contribution in [0, 0.1) is 6.92 Å². The van der Waals surface area contributed by atoms with Crippen LogP contribution < -0.4 is 5.32 Å². The van der Waals surface area contributed by atoms with E-state index in [9.17, 15) is 4.79 Å². The summed E-state index contributed by atoms with van der Waals surface area (Å²) in [7, 11) is 0. The molecule has 1 aromatic carbocycles. The Morgan fingerprint density at radius 3 is 2.82 bits per heavy atom. The summed E-state index contributed by atoms with van der Waals surface area (Å²) in [6.07, 6.45) is 0. The molecule has 1 N–H and O–H groups in total. The number of rotatable bonds is 4. The Morgan fingerprint density at radius 2 is 2.09 bits per heavy atom. The normalized spacial score (nSPS) is 15.7. The molecular formula is C17H20N2OS2. The van der Waals surface area contributed by atoms with Gasteiger partial charge < -0.3 is 5.32 Å². The van der Waals surface area contributed by atoms with Gasteiger partial charge in [-0.2, -0.15) is 11.8 Å². The molecule has 0 aliphatic carbocycles. The van der Waals surface area contributed by atoms with Crippen molar-refractivity contribution in [2.45, 2.75) is 13.5 Å². The number of carbonyl (C=O) groups excluding carboxylic acids is 1. The predicted octanol–water partition coefficient (Wildman–Crippen LogP) is 3.86. The number of hydrogen-bond donors (Lipinski definition) is 1. The van der Waals surface area contributed by atoms with Gasteiger partial charge in [0.15, 0.2) is 0 Å². The number of hydrogen-bond acceptors (Lipinski definition) is 4. The zero-order chi connectivity index (χ0) is 15.4. The molecule has 0 spiro atoms. The highest BCUT2D eigenvalue weighted by atomic mass is 32.2. The topological polar surface area (TPSA) is 32.3 Å². The smallest absolute Gasteiger partial charge is 0.265 e. The fourth-order valence-corrected chi connectivity index (χ4v) is 4.11. The zero-order valence-electron chi connectivity index (χ0n) is 12.7. The first-order valence-corrected chi connectivity index (χ1v) is 9.50. The van der Waals surface area contributed by atoms with Crippen LogP contribution in [0.4, 0.5) is 5.69 Å². The summed E-state index contributed by atoms with van der Waals surface area (Å²) in [6, 6.07) is 10.1. The van der Waals surface area contributed by atoms with Crippen molar-refractivity contribution in [3.63, 3.8) is 0 Å². The Bertz CT molecular complexity index is 634. The van der Waals surface area contributed by atoms with Gasteiger partial charge in [-0.15, -0.1) is 11.3 Å². The van der Waals surface area contributed by atoms with Crippen molar-refractivity contribution in [1.29, 1.82) is 0 Å². The third-order valence-corrected chi connectivity index (χ3v) is 5.62. The minimum absolute atomic E-state index is 0.0235. The molecule has 1 aromatic heterocycles. The molecule has 22 heavy (non-hydrogen) atoms. The lowest BCUT2D eigenvalue weighted by Crippen LogP contribution is -2.32. The van der Waals surface area contributed by atoms with Gasteiger partial charge in [0.1, 0.15) is 0 Å². The highest BCUT2D eigenvalue weighted by Crippen LogP contribution is 2.21. The maximum absolute atomic E-state index is 12.2. The molecule has 3 rings (SSSR count). The molecular weight excluding hydrogens is 312 g/mol. The van der Waals surface area contributed by atoms with Crippen molar-refractivity contribution in [2.24, 2.45) is 0 Å². The molecule has 1 fully saturated rings. The third-order valence-electron chi connectivity index (χ3n) is 3.81. The highest BCUT2D eigenvalue weighted by molar-refractivity contribution is 7.99. The lowest BCUT2D eigenvalue weighted by molar-refractivity contribution is 0.103. The second kappa shape index (κ2) is 7.31. The number of thioether (sulfide) groups is 1. The maximum atomic E-state index is 12.2. The molecule has 3 nitrogen and oxygen atoms in total. The van der Waals surface area contributed by atoms with Crippen LogP contribution in [-0.2, 0) is 6.54 Å². The van der Waals surface area contributed by atoms with Gasteiger partial charge in [0.25, 0.3) is 5.91 Å². The highest BCUT2D eigenvalue weighted by Gasteiger charge is 2.13. The first-order valence-electron chi connectivity index (χ1n) is 7.47. The van der Waals surface area contributed by atoms with Crippen LogP contribution in [-0.4, -0.2) is 35.4 Å². The molecule has 1 aliphatic rings. The summed E-state index contributed by atoms with van der Waals surface area (Å²) in [5.74, 6) is 2.41. The molecule has 0 radical (unpaired) electrons.